The number of aryl methyl sites for hydroxylation is 1. The van der Waals surface area contributed by atoms with Gasteiger partial charge in [0.2, 0.25) is 5.88 Å². The van der Waals surface area contributed by atoms with Gasteiger partial charge >= 0.3 is 0 Å². The van der Waals surface area contributed by atoms with Crippen LogP contribution in [0.1, 0.15) is 6.42 Å². The number of pyridine rings is 1. The fraction of sp³-hybridized carbons (Fsp3) is 0.316. The molecule has 8 heteroatoms. The Balaban J connectivity index is 1.41. The first-order chi connectivity index (χ1) is 13.3. The van der Waals surface area contributed by atoms with E-state index in [9.17, 15) is 0 Å². The number of rotatable bonds is 5. The zero-order chi connectivity index (χ0) is 18.2. The van der Waals surface area contributed by atoms with Crippen LogP contribution in [0.4, 0.5) is 11.5 Å². The van der Waals surface area contributed by atoms with Crippen LogP contribution in [0.3, 0.4) is 0 Å². The number of aromatic nitrogens is 5. The van der Waals surface area contributed by atoms with E-state index in [1.807, 2.05) is 42.1 Å². The lowest BCUT2D eigenvalue weighted by Gasteiger charge is -2.08. The van der Waals surface area contributed by atoms with Crippen molar-refractivity contribution in [3.63, 3.8) is 0 Å². The van der Waals surface area contributed by atoms with Crippen LogP contribution in [0.2, 0.25) is 0 Å². The molecule has 1 aromatic carbocycles. The molecule has 1 atom stereocenters. The zero-order valence-corrected chi connectivity index (χ0v) is 15.0. The summed E-state index contributed by atoms with van der Waals surface area (Å²) in [5.74, 6) is 1.81. The summed E-state index contributed by atoms with van der Waals surface area (Å²) in [6.07, 6.45) is 2.80. The van der Waals surface area contributed by atoms with Crippen molar-refractivity contribution in [2.24, 2.45) is 13.0 Å². The number of fused-ring (bicyclic) bond motifs is 2. The molecule has 0 radical (unpaired) electrons. The Bertz CT molecular complexity index is 1100. The molecule has 5 rings (SSSR count). The average molecular weight is 364 g/mol. The zero-order valence-electron chi connectivity index (χ0n) is 15.0. The van der Waals surface area contributed by atoms with Gasteiger partial charge < -0.3 is 14.8 Å². The van der Waals surface area contributed by atoms with Gasteiger partial charge in [-0.15, -0.1) is 5.10 Å². The van der Waals surface area contributed by atoms with E-state index in [-0.39, 0.29) is 0 Å². The summed E-state index contributed by atoms with van der Waals surface area (Å²) in [6, 6.07) is 9.89. The van der Waals surface area contributed by atoms with E-state index in [2.05, 4.69) is 25.6 Å². The SMILES string of the molecule is Cn1nc(OCC2CCOC2)c2ccc(Nc3n[nH]c4cccnc34)cc21. The monoisotopic (exact) mass is 364 g/mol. The van der Waals surface area contributed by atoms with E-state index in [1.54, 1.807) is 6.20 Å². The Kier molecular flexibility index (Phi) is 3.90. The lowest BCUT2D eigenvalue weighted by Crippen LogP contribution is -2.12. The van der Waals surface area contributed by atoms with Crippen LogP contribution in [-0.2, 0) is 11.8 Å². The van der Waals surface area contributed by atoms with Crippen LogP contribution in [0.5, 0.6) is 5.88 Å². The second-order valence-corrected chi connectivity index (χ2v) is 6.80. The molecule has 3 aromatic heterocycles. The molecule has 8 nitrogen and oxygen atoms in total. The molecule has 1 aliphatic rings. The van der Waals surface area contributed by atoms with Crippen LogP contribution in [0, 0.1) is 5.92 Å². The highest BCUT2D eigenvalue weighted by molar-refractivity contribution is 5.91. The number of hydrogen-bond donors (Lipinski definition) is 2. The fourth-order valence-corrected chi connectivity index (χ4v) is 3.40. The molecule has 4 heterocycles. The largest absolute Gasteiger partial charge is 0.476 e. The van der Waals surface area contributed by atoms with Crippen molar-refractivity contribution in [1.29, 1.82) is 0 Å². The Morgan fingerprint density at radius 1 is 1.37 bits per heavy atom. The van der Waals surface area contributed by atoms with Gasteiger partial charge in [-0.25, -0.2) is 0 Å². The minimum Gasteiger partial charge on any atom is -0.476 e. The molecule has 1 saturated heterocycles. The molecule has 0 bridgehead atoms. The van der Waals surface area contributed by atoms with Crippen LogP contribution in [0.15, 0.2) is 36.5 Å². The van der Waals surface area contributed by atoms with Crippen LogP contribution >= 0.6 is 0 Å². The predicted octanol–water partition coefficient (Wildman–Crippen LogP) is 3.00. The standard InChI is InChI=1S/C19H20N6O2/c1-25-16-9-13(21-18-17-15(22-23-18)3-2-7-20-17)4-5-14(16)19(24-25)27-11-12-6-8-26-10-12/h2-5,7,9,12H,6,8,10-11H2,1H3,(H2,21,22,23). The highest BCUT2D eigenvalue weighted by Crippen LogP contribution is 2.30. The number of anilines is 2. The smallest absolute Gasteiger partial charge is 0.240 e. The molecule has 138 valence electrons. The third-order valence-corrected chi connectivity index (χ3v) is 4.88. The maximum Gasteiger partial charge on any atom is 0.240 e. The lowest BCUT2D eigenvalue weighted by atomic mass is 10.1. The summed E-state index contributed by atoms with van der Waals surface area (Å²) in [4.78, 5) is 4.38. The van der Waals surface area contributed by atoms with Gasteiger partial charge in [-0.2, -0.15) is 5.10 Å². The highest BCUT2D eigenvalue weighted by atomic mass is 16.5. The Labute approximate surface area is 155 Å². The van der Waals surface area contributed by atoms with E-state index >= 15 is 0 Å². The molecule has 2 N–H and O–H groups in total. The predicted molar refractivity (Wildman–Crippen MR) is 102 cm³/mol. The molecular formula is C19H20N6O2. The van der Waals surface area contributed by atoms with Crippen molar-refractivity contribution in [3.8, 4) is 5.88 Å². The number of ether oxygens (including phenoxy) is 2. The summed E-state index contributed by atoms with van der Waals surface area (Å²) >= 11 is 0. The van der Waals surface area contributed by atoms with Gasteiger partial charge in [0, 0.05) is 31.5 Å². The van der Waals surface area contributed by atoms with Gasteiger partial charge in [-0.3, -0.25) is 14.8 Å². The minimum absolute atomic E-state index is 0.448. The van der Waals surface area contributed by atoms with E-state index < -0.39 is 0 Å². The van der Waals surface area contributed by atoms with Crippen molar-refractivity contribution in [2.75, 3.05) is 25.1 Å². The Morgan fingerprint density at radius 3 is 3.22 bits per heavy atom. The first kappa shape index (κ1) is 16.1. The second-order valence-electron chi connectivity index (χ2n) is 6.80. The molecule has 0 amide bonds. The van der Waals surface area contributed by atoms with Crippen molar-refractivity contribution < 1.29 is 9.47 Å². The fourth-order valence-electron chi connectivity index (χ4n) is 3.40. The number of aromatic amines is 1. The van der Waals surface area contributed by atoms with Gasteiger partial charge in [0.05, 0.1) is 29.6 Å². The molecule has 0 spiro atoms. The van der Waals surface area contributed by atoms with Crippen molar-refractivity contribution in [3.05, 3.63) is 36.5 Å². The van der Waals surface area contributed by atoms with Crippen molar-refractivity contribution in [1.82, 2.24) is 25.0 Å². The van der Waals surface area contributed by atoms with E-state index in [0.29, 0.717) is 24.2 Å². The van der Waals surface area contributed by atoms with Gasteiger partial charge in [-0.05, 0) is 36.8 Å². The molecule has 27 heavy (non-hydrogen) atoms. The highest BCUT2D eigenvalue weighted by Gasteiger charge is 2.18. The summed E-state index contributed by atoms with van der Waals surface area (Å²) in [7, 11) is 1.92. The number of nitrogens with zero attached hydrogens (tertiary/aromatic N) is 4. The van der Waals surface area contributed by atoms with E-state index in [4.69, 9.17) is 9.47 Å². The van der Waals surface area contributed by atoms with Crippen molar-refractivity contribution >= 4 is 33.4 Å². The van der Waals surface area contributed by atoms with Crippen LogP contribution < -0.4 is 10.1 Å². The van der Waals surface area contributed by atoms with Crippen LogP contribution in [-0.4, -0.2) is 44.8 Å². The summed E-state index contributed by atoms with van der Waals surface area (Å²) in [5, 5.41) is 16.1. The van der Waals surface area contributed by atoms with E-state index in [1.165, 1.54) is 0 Å². The molecule has 1 fully saturated rings. The van der Waals surface area contributed by atoms with Gasteiger partial charge in [-0.1, -0.05) is 0 Å². The number of benzene rings is 1. The number of H-pyrrole nitrogens is 1. The first-order valence-electron chi connectivity index (χ1n) is 9.01. The third-order valence-electron chi connectivity index (χ3n) is 4.88. The molecule has 0 saturated carbocycles. The normalized spacial score (nSPS) is 17.0. The molecular weight excluding hydrogens is 344 g/mol. The average Bonchev–Trinajstić information content (AvgIpc) is 3.41. The van der Waals surface area contributed by atoms with Gasteiger partial charge in [0.1, 0.15) is 5.52 Å². The van der Waals surface area contributed by atoms with Crippen molar-refractivity contribution in [2.45, 2.75) is 6.42 Å². The quantitative estimate of drug-likeness (QED) is 0.566. The van der Waals surface area contributed by atoms with Gasteiger partial charge in [0.25, 0.3) is 0 Å². The third kappa shape index (κ3) is 2.97. The lowest BCUT2D eigenvalue weighted by molar-refractivity contribution is 0.165. The van der Waals surface area contributed by atoms with Gasteiger partial charge in [0.15, 0.2) is 5.82 Å². The minimum atomic E-state index is 0.448. The molecule has 1 unspecified atom stereocenters. The Morgan fingerprint density at radius 2 is 2.33 bits per heavy atom. The maximum atomic E-state index is 5.97. The van der Waals surface area contributed by atoms with E-state index in [0.717, 1.165) is 47.3 Å². The molecule has 0 aliphatic carbocycles. The van der Waals surface area contributed by atoms with Crippen LogP contribution in [0.25, 0.3) is 21.9 Å². The Hall–Kier alpha value is -3.13. The topological polar surface area (TPSA) is 89.9 Å². The molecule has 1 aliphatic heterocycles. The maximum absolute atomic E-state index is 5.97. The number of nitrogens with one attached hydrogen (secondary N) is 2. The molecule has 4 aromatic rings. The summed E-state index contributed by atoms with van der Waals surface area (Å²) < 4.78 is 13.2. The second kappa shape index (κ2) is 6.55. The first-order valence-corrected chi connectivity index (χ1v) is 9.01. The number of hydrogen-bond acceptors (Lipinski definition) is 6. The summed E-state index contributed by atoms with van der Waals surface area (Å²) in [6.45, 7) is 2.23. The summed E-state index contributed by atoms with van der Waals surface area (Å²) in [5.41, 5.74) is 3.62.